The molecule has 0 spiro atoms. The Labute approximate surface area is 197 Å². The lowest BCUT2D eigenvalue weighted by Crippen LogP contribution is -2.14. The van der Waals surface area contributed by atoms with Gasteiger partial charge in [0.1, 0.15) is 24.0 Å². The van der Waals surface area contributed by atoms with E-state index < -0.39 is 5.91 Å². The number of nitrogens with one attached hydrogen (secondary N) is 1. The first-order valence-electron chi connectivity index (χ1n) is 10.4. The van der Waals surface area contributed by atoms with Crippen LogP contribution in [0.25, 0.3) is 16.8 Å². The second-order valence-corrected chi connectivity index (χ2v) is 8.02. The Morgan fingerprint density at radius 2 is 1.79 bits per heavy atom. The summed E-state index contributed by atoms with van der Waals surface area (Å²) in [4.78, 5) is 12.6. The third kappa shape index (κ3) is 5.41. The summed E-state index contributed by atoms with van der Waals surface area (Å²) < 4.78 is 5.96. The highest BCUT2D eigenvalue weighted by molar-refractivity contribution is 6.31. The average Bonchev–Trinajstić information content (AvgIpc) is 2.84. The number of rotatable bonds is 6. The van der Waals surface area contributed by atoms with Crippen molar-refractivity contribution in [2.75, 3.05) is 5.32 Å². The molecular weight excluding hydrogens is 432 g/mol. The van der Waals surface area contributed by atoms with Gasteiger partial charge >= 0.3 is 0 Å². The van der Waals surface area contributed by atoms with E-state index in [0.29, 0.717) is 23.1 Å². The van der Waals surface area contributed by atoms with E-state index in [4.69, 9.17) is 16.3 Å². The number of halogens is 1. The molecule has 0 unspecified atom stereocenters. The molecule has 0 aliphatic rings. The maximum absolute atomic E-state index is 12.6. The van der Waals surface area contributed by atoms with Crippen LogP contribution >= 0.6 is 11.6 Å². The highest BCUT2D eigenvalue weighted by Gasteiger charge is 2.11. The molecule has 4 aromatic rings. The minimum Gasteiger partial charge on any atom is -0.489 e. The normalized spacial score (nSPS) is 11.1. The number of carbonyl (C=O) groups is 1. The second-order valence-electron chi connectivity index (χ2n) is 7.58. The zero-order chi connectivity index (χ0) is 23.2. The number of nitriles is 1. The van der Waals surface area contributed by atoms with Crippen LogP contribution in [0.2, 0.25) is 5.02 Å². The molecule has 0 saturated carbocycles. The van der Waals surface area contributed by atoms with Crippen molar-refractivity contribution < 1.29 is 9.53 Å². The third-order valence-electron chi connectivity index (χ3n) is 5.28. The first-order chi connectivity index (χ1) is 16.0. The molecule has 4 rings (SSSR count). The highest BCUT2D eigenvalue weighted by Crippen LogP contribution is 2.23. The van der Waals surface area contributed by atoms with Crippen LogP contribution in [0.15, 0.2) is 90.5 Å². The Morgan fingerprint density at radius 3 is 2.58 bits per heavy atom. The number of ether oxygens (including phenoxy) is 1. The van der Waals surface area contributed by atoms with E-state index in [1.165, 1.54) is 10.8 Å². The van der Waals surface area contributed by atoms with Crippen molar-refractivity contribution in [3.05, 3.63) is 112 Å². The zero-order valence-corrected chi connectivity index (χ0v) is 18.8. The standard InChI is InChI=1S/C28H21ClN2O2/c1-19-9-12-24(29)16-27(19)31-28(32)23(17-30)15-20-10-13-25(14-11-20)33-18-22-7-4-6-21-5-2-3-8-26(21)22/h2-16H,18H2,1H3,(H,31,32)/b23-15+. The Kier molecular flexibility index (Phi) is 6.73. The maximum atomic E-state index is 12.6. The van der Waals surface area contributed by atoms with Crippen molar-refractivity contribution in [2.45, 2.75) is 13.5 Å². The highest BCUT2D eigenvalue weighted by atomic mass is 35.5. The zero-order valence-electron chi connectivity index (χ0n) is 18.0. The van der Waals surface area contributed by atoms with Crippen LogP contribution in [0.4, 0.5) is 5.69 Å². The predicted molar refractivity (Wildman–Crippen MR) is 133 cm³/mol. The second kappa shape index (κ2) is 10.0. The van der Waals surface area contributed by atoms with Gasteiger partial charge in [-0.1, -0.05) is 72.3 Å². The fraction of sp³-hybridized carbons (Fsp3) is 0.0714. The van der Waals surface area contributed by atoms with Crippen molar-refractivity contribution in [3.8, 4) is 11.8 Å². The lowest BCUT2D eigenvalue weighted by atomic mass is 10.1. The van der Waals surface area contributed by atoms with E-state index in [2.05, 4.69) is 29.6 Å². The van der Waals surface area contributed by atoms with Crippen LogP contribution in [0.3, 0.4) is 0 Å². The van der Waals surface area contributed by atoms with E-state index in [0.717, 1.165) is 16.7 Å². The Balaban J connectivity index is 1.44. The molecule has 4 nitrogen and oxygen atoms in total. The first kappa shape index (κ1) is 22.1. The summed E-state index contributed by atoms with van der Waals surface area (Å²) in [5.74, 6) is 0.219. The molecule has 0 heterocycles. The van der Waals surface area contributed by atoms with Gasteiger partial charge in [-0.2, -0.15) is 5.26 Å². The Hall–Kier alpha value is -4.07. The summed E-state index contributed by atoms with van der Waals surface area (Å²) in [5.41, 5.74) is 3.27. The summed E-state index contributed by atoms with van der Waals surface area (Å²) >= 11 is 6.01. The van der Waals surface area contributed by atoms with Gasteiger partial charge in [-0.3, -0.25) is 4.79 Å². The molecule has 5 heteroatoms. The van der Waals surface area contributed by atoms with E-state index in [9.17, 15) is 10.1 Å². The summed E-state index contributed by atoms with van der Waals surface area (Å²) in [6.45, 7) is 2.31. The van der Waals surface area contributed by atoms with Crippen LogP contribution in [0.5, 0.6) is 5.75 Å². The number of carbonyl (C=O) groups excluding carboxylic acids is 1. The van der Waals surface area contributed by atoms with E-state index >= 15 is 0 Å². The summed E-state index contributed by atoms with van der Waals surface area (Å²) in [6.07, 6.45) is 1.55. The number of anilines is 1. The number of fused-ring (bicyclic) bond motifs is 1. The van der Waals surface area contributed by atoms with E-state index in [1.807, 2.05) is 61.5 Å². The van der Waals surface area contributed by atoms with Crippen molar-refractivity contribution in [1.82, 2.24) is 0 Å². The molecule has 4 aromatic carbocycles. The van der Waals surface area contributed by atoms with Crippen LogP contribution in [-0.4, -0.2) is 5.91 Å². The molecule has 0 saturated heterocycles. The summed E-state index contributed by atoms with van der Waals surface area (Å²) in [6, 6.07) is 28.8. The number of hydrogen-bond donors (Lipinski definition) is 1. The smallest absolute Gasteiger partial charge is 0.266 e. The number of nitrogens with zero attached hydrogens (tertiary/aromatic N) is 1. The molecule has 1 amide bonds. The van der Waals surface area contributed by atoms with Gasteiger partial charge in [0.15, 0.2) is 0 Å². The third-order valence-corrected chi connectivity index (χ3v) is 5.51. The first-order valence-corrected chi connectivity index (χ1v) is 10.8. The molecule has 162 valence electrons. The van der Waals surface area contributed by atoms with Gasteiger partial charge in [-0.15, -0.1) is 0 Å². The van der Waals surface area contributed by atoms with Crippen molar-refractivity contribution in [1.29, 1.82) is 5.26 Å². The molecule has 0 radical (unpaired) electrons. The quantitative estimate of drug-likeness (QED) is 0.255. The van der Waals surface area contributed by atoms with Gasteiger partial charge in [0.05, 0.1) is 0 Å². The van der Waals surface area contributed by atoms with E-state index in [1.54, 1.807) is 18.2 Å². The van der Waals surface area contributed by atoms with Gasteiger partial charge in [0.2, 0.25) is 0 Å². The summed E-state index contributed by atoms with van der Waals surface area (Å²) in [5, 5.41) is 15.1. The predicted octanol–water partition coefficient (Wildman–Crippen LogP) is 6.93. The number of aryl methyl sites for hydroxylation is 1. The van der Waals surface area contributed by atoms with Crippen LogP contribution in [0.1, 0.15) is 16.7 Å². The molecule has 0 bridgehead atoms. The Morgan fingerprint density at radius 1 is 1.03 bits per heavy atom. The topological polar surface area (TPSA) is 62.1 Å². The van der Waals surface area contributed by atoms with Crippen molar-refractivity contribution in [3.63, 3.8) is 0 Å². The number of hydrogen-bond acceptors (Lipinski definition) is 3. The van der Waals surface area contributed by atoms with Gasteiger partial charge in [-0.05, 0) is 64.7 Å². The summed E-state index contributed by atoms with van der Waals surface area (Å²) in [7, 11) is 0. The molecule has 0 atom stereocenters. The van der Waals surface area contributed by atoms with Gasteiger partial charge < -0.3 is 10.1 Å². The molecule has 0 aliphatic heterocycles. The minimum atomic E-state index is -0.487. The van der Waals surface area contributed by atoms with E-state index in [-0.39, 0.29) is 5.57 Å². The fourth-order valence-electron chi connectivity index (χ4n) is 3.47. The number of benzene rings is 4. The van der Waals surface area contributed by atoms with Gasteiger partial charge in [0, 0.05) is 10.7 Å². The van der Waals surface area contributed by atoms with Crippen LogP contribution in [-0.2, 0) is 11.4 Å². The van der Waals surface area contributed by atoms with Crippen LogP contribution < -0.4 is 10.1 Å². The molecular formula is C28H21ClN2O2. The van der Waals surface area contributed by atoms with Crippen molar-refractivity contribution in [2.24, 2.45) is 0 Å². The lowest BCUT2D eigenvalue weighted by Gasteiger charge is -2.10. The Bertz CT molecular complexity index is 1380. The van der Waals surface area contributed by atoms with Gasteiger partial charge in [-0.25, -0.2) is 0 Å². The SMILES string of the molecule is Cc1ccc(Cl)cc1NC(=O)/C(C#N)=C/c1ccc(OCc2cccc3ccccc23)cc1. The van der Waals surface area contributed by atoms with Crippen molar-refractivity contribution >= 4 is 40.0 Å². The largest absolute Gasteiger partial charge is 0.489 e. The molecule has 33 heavy (non-hydrogen) atoms. The number of amides is 1. The lowest BCUT2D eigenvalue weighted by molar-refractivity contribution is -0.112. The maximum Gasteiger partial charge on any atom is 0.266 e. The fourth-order valence-corrected chi connectivity index (χ4v) is 3.65. The molecule has 0 aromatic heterocycles. The van der Waals surface area contributed by atoms with Gasteiger partial charge in [0.25, 0.3) is 5.91 Å². The monoisotopic (exact) mass is 452 g/mol. The molecule has 0 fully saturated rings. The average molecular weight is 453 g/mol. The van der Waals surface area contributed by atoms with Crippen LogP contribution in [0, 0.1) is 18.3 Å². The molecule has 1 N–H and O–H groups in total. The molecule has 0 aliphatic carbocycles. The minimum absolute atomic E-state index is 0.00111.